The first-order valence-corrected chi connectivity index (χ1v) is 11.1. The van der Waals surface area contributed by atoms with Gasteiger partial charge < -0.3 is 0 Å². The summed E-state index contributed by atoms with van der Waals surface area (Å²) in [6, 6.07) is 8.38. The summed E-state index contributed by atoms with van der Waals surface area (Å²) in [4.78, 5) is 16.7. The van der Waals surface area contributed by atoms with Crippen LogP contribution >= 0.6 is 11.8 Å². The molecule has 2 heterocycles. The van der Waals surface area contributed by atoms with E-state index in [1.165, 1.54) is 11.3 Å². The lowest BCUT2D eigenvalue weighted by molar-refractivity contribution is 0.0808. The van der Waals surface area contributed by atoms with Gasteiger partial charge in [0, 0.05) is 46.8 Å². The standard InChI is InChI=1S/C22H31N3OS/c1-15(2)25-17(4)20(16(3)23-25)14-24-12-8-9-18(13-24)22(26)19-10-6-7-11-21(19)27-5/h6-7,10-11,15,18H,8-9,12-14H2,1-5H3/t18-/m1/s1. The Labute approximate surface area is 167 Å². The molecular weight excluding hydrogens is 354 g/mol. The first-order chi connectivity index (χ1) is 12.9. The Balaban J connectivity index is 1.74. The van der Waals surface area contributed by atoms with Gasteiger partial charge in [0.15, 0.2) is 5.78 Å². The first-order valence-electron chi connectivity index (χ1n) is 9.86. The third-order valence-corrected chi connectivity index (χ3v) is 6.39. The number of thioether (sulfide) groups is 1. The van der Waals surface area contributed by atoms with Gasteiger partial charge >= 0.3 is 0 Å². The lowest BCUT2D eigenvalue weighted by Crippen LogP contribution is -2.38. The van der Waals surface area contributed by atoms with Crippen LogP contribution in [-0.4, -0.2) is 39.8 Å². The van der Waals surface area contributed by atoms with Crippen molar-refractivity contribution in [2.24, 2.45) is 5.92 Å². The predicted octanol–water partition coefficient (Wildman–Crippen LogP) is 4.90. The number of carbonyl (C=O) groups excluding carboxylic acids is 1. The van der Waals surface area contributed by atoms with Crippen LogP contribution in [0.25, 0.3) is 0 Å². The lowest BCUT2D eigenvalue weighted by atomic mass is 9.89. The number of carbonyl (C=O) groups is 1. The fourth-order valence-electron chi connectivity index (χ4n) is 4.13. The first kappa shape index (κ1) is 20.2. The van der Waals surface area contributed by atoms with Crippen LogP contribution in [0, 0.1) is 19.8 Å². The summed E-state index contributed by atoms with van der Waals surface area (Å²) in [6.45, 7) is 11.4. The minimum absolute atomic E-state index is 0.0906. The molecule has 5 heteroatoms. The molecule has 3 rings (SSSR count). The van der Waals surface area contributed by atoms with Crippen molar-refractivity contribution in [2.75, 3.05) is 19.3 Å². The van der Waals surface area contributed by atoms with Gasteiger partial charge in [0.1, 0.15) is 0 Å². The highest BCUT2D eigenvalue weighted by Crippen LogP contribution is 2.28. The number of aromatic nitrogens is 2. The van der Waals surface area contributed by atoms with E-state index in [-0.39, 0.29) is 5.92 Å². The van der Waals surface area contributed by atoms with Crippen molar-refractivity contribution in [3.05, 3.63) is 46.8 Å². The number of Topliss-reactive ketones (excluding diaryl/α,β-unsaturated/α-hetero) is 1. The molecule has 1 aromatic heterocycles. The largest absolute Gasteiger partial charge is 0.298 e. The average Bonchev–Trinajstić information content (AvgIpc) is 2.96. The van der Waals surface area contributed by atoms with Crippen LogP contribution in [-0.2, 0) is 6.54 Å². The van der Waals surface area contributed by atoms with Crippen molar-refractivity contribution in [3.63, 3.8) is 0 Å². The van der Waals surface area contributed by atoms with Gasteiger partial charge in [-0.05, 0) is 59.4 Å². The summed E-state index contributed by atoms with van der Waals surface area (Å²) in [5.41, 5.74) is 4.57. The minimum Gasteiger partial charge on any atom is -0.298 e. The molecule has 2 aromatic rings. The molecule has 1 aliphatic rings. The maximum atomic E-state index is 13.1. The third-order valence-electron chi connectivity index (χ3n) is 5.59. The highest BCUT2D eigenvalue weighted by atomic mass is 32.2. The second-order valence-electron chi connectivity index (χ2n) is 7.83. The van der Waals surface area contributed by atoms with E-state index in [0.29, 0.717) is 11.8 Å². The zero-order valence-electron chi connectivity index (χ0n) is 17.2. The van der Waals surface area contributed by atoms with Crippen LogP contribution in [0.2, 0.25) is 0 Å². The van der Waals surface area contributed by atoms with E-state index in [1.807, 2.05) is 30.5 Å². The Morgan fingerprint density at radius 3 is 2.70 bits per heavy atom. The Bertz CT molecular complexity index is 812. The molecule has 0 saturated carbocycles. The van der Waals surface area contributed by atoms with E-state index in [2.05, 4.69) is 37.3 Å². The van der Waals surface area contributed by atoms with Crippen LogP contribution in [0.15, 0.2) is 29.2 Å². The van der Waals surface area contributed by atoms with E-state index in [0.717, 1.165) is 48.6 Å². The SMILES string of the molecule is CSc1ccccc1C(=O)[C@@H]1CCCN(Cc2c(C)nn(C(C)C)c2C)C1. The zero-order chi connectivity index (χ0) is 19.6. The van der Waals surface area contributed by atoms with Gasteiger partial charge in [-0.2, -0.15) is 5.10 Å². The van der Waals surface area contributed by atoms with Crippen molar-refractivity contribution in [1.82, 2.24) is 14.7 Å². The van der Waals surface area contributed by atoms with Crippen molar-refractivity contribution < 1.29 is 4.79 Å². The number of piperidine rings is 1. The molecule has 27 heavy (non-hydrogen) atoms. The van der Waals surface area contributed by atoms with Gasteiger partial charge in [0.25, 0.3) is 0 Å². The molecule has 1 aliphatic heterocycles. The third kappa shape index (κ3) is 4.30. The normalized spacial score (nSPS) is 18.2. The van der Waals surface area contributed by atoms with E-state index in [4.69, 9.17) is 5.10 Å². The number of nitrogens with zero attached hydrogens (tertiary/aromatic N) is 3. The summed E-state index contributed by atoms with van der Waals surface area (Å²) in [5.74, 6) is 0.392. The summed E-state index contributed by atoms with van der Waals surface area (Å²) < 4.78 is 2.12. The fourth-order valence-corrected chi connectivity index (χ4v) is 4.74. The van der Waals surface area contributed by atoms with Gasteiger partial charge in [-0.1, -0.05) is 18.2 Å². The summed E-state index contributed by atoms with van der Waals surface area (Å²) in [5, 5.41) is 4.72. The van der Waals surface area contributed by atoms with Gasteiger partial charge in [-0.15, -0.1) is 11.8 Å². The molecule has 0 aliphatic carbocycles. The summed E-state index contributed by atoms with van der Waals surface area (Å²) >= 11 is 1.66. The Hall–Kier alpha value is -1.59. The van der Waals surface area contributed by atoms with Crippen LogP contribution < -0.4 is 0 Å². The maximum Gasteiger partial charge on any atom is 0.168 e. The minimum atomic E-state index is 0.0906. The molecular formula is C22H31N3OS. The van der Waals surface area contributed by atoms with Crippen molar-refractivity contribution in [2.45, 2.75) is 58.0 Å². The number of hydrogen-bond donors (Lipinski definition) is 0. The van der Waals surface area contributed by atoms with Crippen LogP contribution in [0.5, 0.6) is 0 Å². The second kappa shape index (κ2) is 8.61. The molecule has 1 fully saturated rings. The van der Waals surface area contributed by atoms with Crippen LogP contribution in [0.4, 0.5) is 0 Å². The van der Waals surface area contributed by atoms with Crippen LogP contribution in [0.3, 0.4) is 0 Å². The lowest BCUT2D eigenvalue weighted by Gasteiger charge is -2.32. The molecule has 0 unspecified atom stereocenters. The number of ketones is 1. The van der Waals surface area contributed by atoms with Crippen molar-refractivity contribution in [1.29, 1.82) is 0 Å². The Morgan fingerprint density at radius 1 is 1.30 bits per heavy atom. The average molecular weight is 386 g/mol. The number of aryl methyl sites for hydroxylation is 1. The van der Waals surface area contributed by atoms with Gasteiger partial charge in [0.2, 0.25) is 0 Å². The number of hydrogen-bond acceptors (Lipinski definition) is 4. The Kier molecular flexibility index (Phi) is 6.43. The summed E-state index contributed by atoms with van der Waals surface area (Å²) in [6.07, 6.45) is 4.10. The van der Waals surface area contributed by atoms with Gasteiger partial charge in [-0.25, -0.2) is 0 Å². The summed E-state index contributed by atoms with van der Waals surface area (Å²) in [7, 11) is 0. The van der Waals surface area contributed by atoms with E-state index in [9.17, 15) is 4.79 Å². The van der Waals surface area contributed by atoms with Crippen molar-refractivity contribution >= 4 is 17.5 Å². The van der Waals surface area contributed by atoms with Gasteiger partial charge in [-0.3, -0.25) is 14.4 Å². The molecule has 4 nitrogen and oxygen atoms in total. The molecule has 0 radical (unpaired) electrons. The second-order valence-corrected chi connectivity index (χ2v) is 8.67. The number of benzene rings is 1. The van der Waals surface area contributed by atoms with Crippen LogP contribution in [0.1, 0.15) is 60.0 Å². The molecule has 0 bridgehead atoms. The molecule has 1 saturated heterocycles. The number of likely N-dealkylation sites (tertiary alicyclic amines) is 1. The zero-order valence-corrected chi connectivity index (χ0v) is 18.0. The predicted molar refractivity (Wildman–Crippen MR) is 113 cm³/mol. The monoisotopic (exact) mass is 385 g/mol. The molecule has 1 aromatic carbocycles. The number of rotatable bonds is 6. The van der Waals surface area contributed by atoms with E-state index >= 15 is 0 Å². The maximum absolute atomic E-state index is 13.1. The Morgan fingerprint density at radius 2 is 2.04 bits per heavy atom. The fraction of sp³-hybridized carbons (Fsp3) is 0.545. The highest BCUT2D eigenvalue weighted by Gasteiger charge is 2.28. The topological polar surface area (TPSA) is 38.1 Å². The highest BCUT2D eigenvalue weighted by molar-refractivity contribution is 7.98. The molecule has 146 valence electrons. The van der Waals surface area contributed by atoms with Gasteiger partial charge in [0.05, 0.1) is 5.69 Å². The van der Waals surface area contributed by atoms with E-state index in [1.54, 1.807) is 11.8 Å². The quantitative estimate of drug-likeness (QED) is 0.524. The smallest absolute Gasteiger partial charge is 0.168 e. The molecule has 0 spiro atoms. The van der Waals surface area contributed by atoms with Crippen molar-refractivity contribution in [3.8, 4) is 0 Å². The van der Waals surface area contributed by atoms with E-state index < -0.39 is 0 Å². The molecule has 0 N–H and O–H groups in total. The molecule has 1 atom stereocenters. The molecule has 0 amide bonds.